The van der Waals surface area contributed by atoms with Crippen LogP contribution in [0, 0.1) is 0 Å². The third-order valence-electron chi connectivity index (χ3n) is 3.19. The minimum Gasteiger partial charge on any atom is -0.340 e. The first-order chi connectivity index (χ1) is 10.2. The minimum absolute atomic E-state index is 0.790. The Hall–Kier alpha value is -1.46. The van der Waals surface area contributed by atoms with Crippen LogP contribution in [0.2, 0.25) is 0 Å². The van der Waals surface area contributed by atoms with Gasteiger partial charge in [0, 0.05) is 28.0 Å². The van der Waals surface area contributed by atoms with Crippen LogP contribution in [0.5, 0.6) is 0 Å². The molecule has 0 unspecified atom stereocenters. The van der Waals surface area contributed by atoms with Crippen molar-refractivity contribution in [3.63, 3.8) is 0 Å². The first kappa shape index (κ1) is 14.5. The zero-order valence-corrected chi connectivity index (χ0v) is 14.6. The van der Waals surface area contributed by atoms with Crippen molar-refractivity contribution < 1.29 is 0 Å². The molecule has 0 aliphatic rings. The number of hydrogen-bond acceptors (Lipinski definition) is 3. The van der Waals surface area contributed by atoms with Gasteiger partial charge in [-0.15, -0.1) is 0 Å². The monoisotopic (exact) mass is 405 g/mol. The molecule has 0 spiro atoms. The van der Waals surface area contributed by atoms with Crippen LogP contribution in [0.1, 0.15) is 12.7 Å². The van der Waals surface area contributed by atoms with Crippen molar-refractivity contribution in [2.45, 2.75) is 13.3 Å². The molecule has 0 fully saturated rings. The lowest BCUT2D eigenvalue weighted by Crippen LogP contribution is -2.00. The quantitative estimate of drug-likeness (QED) is 0.586. The Labute approximate surface area is 140 Å². The number of rotatable bonds is 3. The van der Waals surface area contributed by atoms with E-state index < -0.39 is 0 Å². The summed E-state index contributed by atoms with van der Waals surface area (Å²) >= 11 is 7.02. The van der Waals surface area contributed by atoms with Crippen LogP contribution >= 0.6 is 31.9 Å². The van der Waals surface area contributed by atoms with Crippen LogP contribution in [-0.2, 0) is 6.42 Å². The Balaban J connectivity index is 2.06. The van der Waals surface area contributed by atoms with Gasteiger partial charge in [0.2, 0.25) is 0 Å². The Kier molecular flexibility index (Phi) is 4.22. The molecule has 0 radical (unpaired) electrons. The second-order valence-corrected chi connectivity index (χ2v) is 6.28. The van der Waals surface area contributed by atoms with Crippen LogP contribution in [0.4, 0.5) is 11.5 Å². The topological polar surface area (TPSA) is 37.8 Å². The molecule has 0 atom stereocenters. The van der Waals surface area contributed by atoms with E-state index in [1.165, 1.54) is 5.39 Å². The molecule has 2 aromatic carbocycles. The molecule has 0 aliphatic heterocycles. The molecule has 1 N–H and O–H groups in total. The number of anilines is 2. The molecule has 0 bridgehead atoms. The summed E-state index contributed by atoms with van der Waals surface area (Å²) in [5.74, 6) is 1.61. The normalized spacial score (nSPS) is 10.8. The summed E-state index contributed by atoms with van der Waals surface area (Å²) in [6.45, 7) is 2.04. The molecule has 3 nitrogen and oxygen atoms in total. The second kappa shape index (κ2) is 6.12. The Morgan fingerprint density at radius 1 is 1.00 bits per heavy atom. The smallest absolute Gasteiger partial charge is 0.135 e. The molecule has 0 saturated heterocycles. The van der Waals surface area contributed by atoms with Crippen LogP contribution in [0.3, 0.4) is 0 Å². The van der Waals surface area contributed by atoms with Gasteiger partial charge in [-0.25, -0.2) is 9.97 Å². The van der Waals surface area contributed by atoms with Crippen molar-refractivity contribution >= 4 is 54.1 Å². The number of hydrogen-bond donors (Lipinski definition) is 1. The molecular formula is C16H13Br2N3. The van der Waals surface area contributed by atoms with Gasteiger partial charge in [-0.2, -0.15) is 0 Å². The van der Waals surface area contributed by atoms with Crippen LogP contribution in [0.15, 0.2) is 51.5 Å². The molecule has 1 aromatic heterocycles. The third-order valence-corrected chi connectivity index (χ3v) is 4.29. The first-order valence-electron chi connectivity index (χ1n) is 6.65. The number of fused-ring (bicyclic) bond motifs is 1. The Morgan fingerprint density at radius 3 is 2.52 bits per heavy atom. The number of aryl methyl sites for hydroxylation is 1. The number of benzene rings is 2. The highest BCUT2D eigenvalue weighted by molar-refractivity contribution is 9.10. The fourth-order valence-electron chi connectivity index (χ4n) is 2.20. The van der Waals surface area contributed by atoms with E-state index in [-0.39, 0.29) is 0 Å². The highest BCUT2D eigenvalue weighted by atomic mass is 79.9. The zero-order chi connectivity index (χ0) is 14.8. The van der Waals surface area contributed by atoms with Gasteiger partial charge in [-0.3, -0.25) is 0 Å². The van der Waals surface area contributed by atoms with E-state index >= 15 is 0 Å². The first-order valence-corrected chi connectivity index (χ1v) is 8.23. The molecule has 0 saturated carbocycles. The summed E-state index contributed by atoms with van der Waals surface area (Å²) in [6, 6.07) is 14.2. The summed E-state index contributed by atoms with van der Waals surface area (Å²) in [5, 5.41) is 5.71. The van der Waals surface area contributed by atoms with E-state index in [2.05, 4.69) is 59.3 Å². The lowest BCUT2D eigenvalue weighted by Gasteiger charge is -2.11. The van der Waals surface area contributed by atoms with Crippen molar-refractivity contribution in [2.24, 2.45) is 0 Å². The Bertz CT molecular complexity index is 803. The number of aromatic nitrogens is 2. The molecule has 5 heteroatoms. The van der Waals surface area contributed by atoms with E-state index in [0.717, 1.165) is 38.2 Å². The van der Waals surface area contributed by atoms with E-state index in [9.17, 15) is 0 Å². The van der Waals surface area contributed by atoms with Gasteiger partial charge in [0.15, 0.2) is 0 Å². The fraction of sp³-hybridized carbons (Fsp3) is 0.125. The van der Waals surface area contributed by atoms with Crippen molar-refractivity contribution in [1.29, 1.82) is 0 Å². The van der Waals surface area contributed by atoms with Crippen molar-refractivity contribution in [3.8, 4) is 0 Å². The van der Waals surface area contributed by atoms with Crippen molar-refractivity contribution in [2.75, 3.05) is 5.32 Å². The van der Waals surface area contributed by atoms with Crippen LogP contribution in [0.25, 0.3) is 10.8 Å². The van der Waals surface area contributed by atoms with Gasteiger partial charge in [0.1, 0.15) is 16.2 Å². The Morgan fingerprint density at radius 2 is 1.76 bits per heavy atom. The summed E-state index contributed by atoms with van der Waals surface area (Å²) < 4.78 is 1.88. The highest BCUT2D eigenvalue weighted by Gasteiger charge is 2.06. The van der Waals surface area contributed by atoms with E-state index in [4.69, 9.17) is 0 Å². The minimum atomic E-state index is 0.790. The van der Waals surface area contributed by atoms with Gasteiger partial charge in [0.25, 0.3) is 0 Å². The molecular weight excluding hydrogens is 394 g/mol. The molecule has 0 aliphatic carbocycles. The van der Waals surface area contributed by atoms with E-state index in [1.54, 1.807) is 0 Å². The van der Waals surface area contributed by atoms with Crippen molar-refractivity contribution in [3.05, 3.63) is 57.4 Å². The van der Waals surface area contributed by atoms with Crippen LogP contribution < -0.4 is 5.32 Å². The molecule has 21 heavy (non-hydrogen) atoms. The largest absolute Gasteiger partial charge is 0.340 e. The zero-order valence-electron chi connectivity index (χ0n) is 11.4. The summed E-state index contributed by atoms with van der Waals surface area (Å²) in [4.78, 5) is 8.84. The maximum Gasteiger partial charge on any atom is 0.135 e. The molecule has 3 rings (SSSR count). The summed E-state index contributed by atoms with van der Waals surface area (Å²) in [7, 11) is 0. The number of nitrogens with zero attached hydrogens (tertiary/aromatic N) is 2. The van der Waals surface area contributed by atoms with Gasteiger partial charge >= 0.3 is 0 Å². The lowest BCUT2D eigenvalue weighted by molar-refractivity contribution is 0.931. The van der Waals surface area contributed by atoms with Crippen LogP contribution in [-0.4, -0.2) is 9.97 Å². The lowest BCUT2D eigenvalue weighted by atomic mass is 10.1. The SMILES string of the molecule is CCc1nc(Br)cc(Nc2ccc(Br)c3ccccc23)n1. The summed E-state index contributed by atoms with van der Waals surface area (Å²) in [6.07, 6.45) is 0.801. The fourth-order valence-corrected chi connectivity index (χ4v) is 3.10. The maximum absolute atomic E-state index is 4.51. The molecule has 3 aromatic rings. The molecule has 1 heterocycles. The standard InChI is InChI=1S/C16H13Br2N3/c1-2-15-20-14(18)9-16(21-15)19-13-8-7-12(17)10-5-3-4-6-11(10)13/h3-9H,2H2,1H3,(H,19,20,21). The number of halogens is 2. The average Bonchev–Trinajstić information content (AvgIpc) is 2.50. The predicted molar refractivity (Wildman–Crippen MR) is 94.0 cm³/mol. The van der Waals surface area contributed by atoms with Gasteiger partial charge in [0.05, 0.1) is 0 Å². The van der Waals surface area contributed by atoms with Gasteiger partial charge in [-0.05, 0) is 33.4 Å². The van der Waals surface area contributed by atoms with Gasteiger partial charge < -0.3 is 5.32 Å². The molecule has 106 valence electrons. The summed E-state index contributed by atoms with van der Waals surface area (Å²) in [5.41, 5.74) is 1.03. The van der Waals surface area contributed by atoms with E-state index in [0.29, 0.717) is 0 Å². The average molecular weight is 407 g/mol. The van der Waals surface area contributed by atoms with Gasteiger partial charge in [-0.1, -0.05) is 47.1 Å². The highest BCUT2D eigenvalue weighted by Crippen LogP contribution is 2.31. The molecule has 0 amide bonds. The number of nitrogens with one attached hydrogen (secondary N) is 1. The van der Waals surface area contributed by atoms with Crippen molar-refractivity contribution in [1.82, 2.24) is 9.97 Å². The second-order valence-electron chi connectivity index (χ2n) is 4.61. The maximum atomic E-state index is 4.51. The third kappa shape index (κ3) is 3.09. The predicted octanol–water partition coefficient (Wildman–Crippen LogP) is 5.46. The van der Waals surface area contributed by atoms with E-state index in [1.807, 2.05) is 37.3 Å².